The zero-order chi connectivity index (χ0) is 20.8. The lowest BCUT2D eigenvalue weighted by atomic mass is 10.1. The van der Waals surface area contributed by atoms with Gasteiger partial charge in [-0.15, -0.1) is 0 Å². The van der Waals surface area contributed by atoms with Crippen LogP contribution in [0.3, 0.4) is 0 Å². The van der Waals surface area contributed by atoms with Gasteiger partial charge in [-0.05, 0) is 41.3 Å². The molecule has 0 amide bonds. The highest BCUT2D eigenvalue weighted by Crippen LogP contribution is 2.34. The van der Waals surface area contributed by atoms with Gasteiger partial charge in [-0.2, -0.15) is 10.2 Å². The highest BCUT2D eigenvalue weighted by atomic mass is 79.9. The maximum absolute atomic E-state index is 6.00. The van der Waals surface area contributed by atoms with Crippen molar-refractivity contribution in [2.75, 3.05) is 37.8 Å². The molecule has 8 nitrogen and oxygen atoms in total. The molecule has 0 bridgehead atoms. The first-order valence-electron chi connectivity index (χ1n) is 10.7. The van der Waals surface area contributed by atoms with Crippen molar-refractivity contribution < 1.29 is 9.47 Å². The third kappa shape index (κ3) is 3.31. The predicted octanol–water partition coefficient (Wildman–Crippen LogP) is 4.04. The van der Waals surface area contributed by atoms with Crippen molar-refractivity contribution in [3.63, 3.8) is 0 Å². The first-order chi connectivity index (χ1) is 15.3. The zero-order valence-corrected chi connectivity index (χ0v) is 18.7. The largest absolute Gasteiger partial charge is 0.378 e. The second-order valence-corrected chi connectivity index (χ2v) is 8.83. The Morgan fingerprint density at radius 2 is 1.94 bits per heavy atom. The second kappa shape index (κ2) is 7.89. The quantitative estimate of drug-likeness (QED) is 0.438. The number of fused-ring (bicyclic) bond motifs is 2. The maximum atomic E-state index is 6.00. The number of ether oxygens (including phenoxy) is 2. The van der Waals surface area contributed by atoms with E-state index in [0.717, 1.165) is 70.6 Å². The standard InChI is InChI=1S/C22H23BrN6O2/c23-17-14-25-29-19(12-20(26-22(17)29)27-7-10-30-11-8-27)15-4-3-5-18-16(15)13-24-28(18)21-6-1-2-9-31-21/h3-5,12-14,21H,1-2,6-11H2. The first kappa shape index (κ1) is 19.2. The fourth-order valence-electron chi connectivity index (χ4n) is 4.51. The molecule has 0 saturated carbocycles. The van der Waals surface area contributed by atoms with E-state index in [1.807, 2.05) is 15.4 Å². The fraction of sp³-hybridized carbons (Fsp3) is 0.409. The summed E-state index contributed by atoms with van der Waals surface area (Å²) in [6, 6.07) is 8.45. The van der Waals surface area contributed by atoms with Gasteiger partial charge in [0.05, 0.1) is 41.3 Å². The average Bonchev–Trinajstić information content (AvgIpc) is 3.43. The minimum atomic E-state index is 0.00159. The molecule has 31 heavy (non-hydrogen) atoms. The van der Waals surface area contributed by atoms with Gasteiger partial charge in [-0.1, -0.05) is 12.1 Å². The van der Waals surface area contributed by atoms with Gasteiger partial charge >= 0.3 is 0 Å². The van der Waals surface area contributed by atoms with Gasteiger partial charge in [0, 0.05) is 36.7 Å². The third-order valence-corrected chi connectivity index (χ3v) is 6.66. The molecule has 2 aliphatic rings. The number of morpholine rings is 1. The van der Waals surface area contributed by atoms with E-state index in [0.29, 0.717) is 13.2 Å². The van der Waals surface area contributed by atoms with Crippen LogP contribution in [0.15, 0.2) is 41.1 Å². The molecule has 2 aliphatic heterocycles. The third-order valence-electron chi connectivity index (χ3n) is 6.10. The molecule has 160 valence electrons. The lowest BCUT2D eigenvalue weighted by Gasteiger charge is -2.28. The van der Waals surface area contributed by atoms with Crippen LogP contribution in [0, 0.1) is 0 Å². The number of nitrogens with zero attached hydrogens (tertiary/aromatic N) is 6. The number of hydrogen-bond donors (Lipinski definition) is 0. The second-order valence-electron chi connectivity index (χ2n) is 7.98. The molecule has 0 radical (unpaired) electrons. The van der Waals surface area contributed by atoms with E-state index in [9.17, 15) is 0 Å². The molecule has 9 heteroatoms. The van der Waals surface area contributed by atoms with Crippen LogP contribution in [-0.2, 0) is 9.47 Å². The van der Waals surface area contributed by atoms with Crippen molar-refractivity contribution in [1.29, 1.82) is 0 Å². The van der Waals surface area contributed by atoms with Gasteiger partial charge in [0.2, 0.25) is 0 Å². The molecule has 1 unspecified atom stereocenters. The summed E-state index contributed by atoms with van der Waals surface area (Å²) in [5, 5.41) is 10.4. The van der Waals surface area contributed by atoms with Gasteiger partial charge in [0.1, 0.15) is 5.82 Å². The minimum absolute atomic E-state index is 0.00159. The van der Waals surface area contributed by atoms with E-state index in [-0.39, 0.29) is 6.23 Å². The van der Waals surface area contributed by atoms with Crippen LogP contribution in [0.4, 0.5) is 5.82 Å². The first-order valence-corrected chi connectivity index (χ1v) is 11.5. The summed E-state index contributed by atoms with van der Waals surface area (Å²) >= 11 is 3.62. The SMILES string of the molecule is Brc1cnn2c(-c3cccc4c3cnn4C3CCCCO3)cc(N3CCOCC3)nc12. The average molecular weight is 483 g/mol. The number of anilines is 1. The predicted molar refractivity (Wildman–Crippen MR) is 121 cm³/mol. The van der Waals surface area contributed by atoms with E-state index < -0.39 is 0 Å². The summed E-state index contributed by atoms with van der Waals surface area (Å²) in [7, 11) is 0. The van der Waals surface area contributed by atoms with Gasteiger partial charge in [0.15, 0.2) is 11.9 Å². The van der Waals surface area contributed by atoms with E-state index in [1.165, 1.54) is 6.42 Å². The van der Waals surface area contributed by atoms with Crippen LogP contribution < -0.4 is 4.90 Å². The Hall–Kier alpha value is -2.49. The summed E-state index contributed by atoms with van der Waals surface area (Å²) in [5.41, 5.74) is 3.96. The molecule has 5 heterocycles. The fourth-order valence-corrected chi connectivity index (χ4v) is 4.86. The minimum Gasteiger partial charge on any atom is -0.378 e. The van der Waals surface area contributed by atoms with Crippen LogP contribution in [0.2, 0.25) is 0 Å². The van der Waals surface area contributed by atoms with Gasteiger partial charge < -0.3 is 14.4 Å². The lowest BCUT2D eigenvalue weighted by molar-refractivity contribution is -0.0366. The molecule has 6 rings (SSSR count). The number of rotatable bonds is 3. The molecule has 2 saturated heterocycles. The summed E-state index contributed by atoms with van der Waals surface area (Å²) in [5.74, 6) is 0.937. The Morgan fingerprint density at radius 1 is 1.03 bits per heavy atom. The van der Waals surface area contributed by atoms with Crippen molar-refractivity contribution in [3.05, 3.63) is 41.1 Å². The van der Waals surface area contributed by atoms with E-state index in [4.69, 9.17) is 19.6 Å². The van der Waals surface area contributed by atoms with E-state index in [2.05, 4.69) is 50.2 Å². The summed E-state index contributed by atoms with van der Waals surface area (Å²) < 4.78 is 16.3. The molecule has 0 N–H and O–H groups in total. The Morgan fingerprint density at radius 3 is 2.77 bits per heavy atom. The van der Waals surface area contributed by atoms with Gasteiger partial charge in [-0.25, -0.2) is 14.2 Å². The number of halogens is 1. The van der Waals surface area contributed by atoms with Gasteiger partial charge in [-0.3, -0.25) is 0 Å². The van der Waals surface area contributed by atoms with Crippen molar-refractivity contribution in [2.24, 2.45) is 0 Å². The Bertz CT molecular complexity index is 1240. The summed E-state index contributed by atoms with van der Waals surface area (Å²) in [6.07, 6.45) is 7.03. The smallest absolute Gasteiger partial charge is 0.172 e. The van der Waals surface area contributed by atoms with Crippen LogP contribution >= 0.6 is 15.9 Å². The highest BCUT2D eigenvalue weighted by Gasteiger charge is 2.22. The maximum Gasteiger partial charge on any atom is 0.172 e. The van der Waals surface area contributed by atoms with E-state index >= 15 is 0 Å². The Kier molecular flexibility index (Phi) is 4.89. The topological polar surface area (TPSA) is 69.7 Å². The van der Waals surface area contributed by atoms with Crippen LogP contribution in [-0.4, -0.2) is 57.3 Å². The summed E-state index contributed by atoms with van der Waals surface area (Å²) in [6.45, 7) is 3.88. The molecule has 0 aliphatic carbocycles. The van der Waals surface area contributed by atoms with Crippen LogP contribution in [0.1, 0.15) is 25.5 Å². The molecule has 1 atom stereocenters. The molecular weight excluding hydrogens is 460 g/mol. The van der Waals surface area contributed by atoms with Crippen molar-refractivity contribution in [1.82, 2.24) is 24.4 Å². The Balaban J connectivity index is 1.52. The molecule has 3 aromatic heterocycles. The van der Waals surface area contributed by atoms with Crippen LogP contribution in [0.25, 0.3) is 27.8 Å². The lowest BCUT2D eigenvalue weighted by Crippen LogP contribution is -2.36. The van der Waals surface area contributed by atoms with Crippen molar-refractivity contribution >= 4 is 38.3 Å². The van der Waals surface area contributed by atoms with Crippen LogP contribution in [0.5, 0.6) is 0 Å². The van der Waals surface area contributed by atoms with E-state index in [1.54, 1.807) is 6.20 Å². The molecule has 1 aromatic carbocycles. The molecule has 2 fully saturated rings. The number of aromatic nitrogens is 5. The van der Waals surface area contributed by atoms with Gasteiger partial charge in [0.25, 0.3) is 0 Å². The monoisotopic (exact) mass is 482 g/mol. The number of benzene rings is 1. The normalized spacial score (nSPS) is 20.0. The molecular formula is C22H23BrN6O2. The molecule has 4 aromatic rings. The Labute approximate surface area is 187 Å². The van der Waals surface area contributed by atoms with Crippen molar-refractivity contribution in [3.8, 4) is 11.3 Å². The highest BCUT2D eigenvalue weighted by molar-refractivity contribution is 9.10. The summed E-state index contributed by atoms with van der Waals surface area (Å²) in [4.78, 5) is 7.16. The molecule has 0 spiro atoms. The van der Waals surface area contributed by atoms with Crippen molar-refractivity contribution in [2.45, 2.75) is 25.5 Å². The zero-order valence-electron chi connectivity index (χ0n) is 17.1. The number of hydrogen-bond acceptors (Lipinski definition) is 6.